The van der Waals surface area contributed by atoms with Crippen LogP contribution in [-0.4, -0.2) is 31.1 Å². The lowest BCUT2D eigenvalue weighted by molar-refractivity contribution is -0.169. The van der Waals surface area contributed by atoms with Crippen molar-refractivity contribution in [3.05, 3.63) is 0 Å². The highest BCUT2D eigenvalue weighted by Gasteiger charge is 2.57. The van der Waals surface area contributed by atoms with E-state index in [0.717, 1.165) is 19.1 Å². The van der Waals surface area contributed by atoms with Gasteiger partial charge in [-0.2, -0.15) is 5.26 Å². The van der Waals surface area contributed by atoms with Gasteiger partial charge in [-0.15, -0.1) is 0 Å². The van der Waals surface area contributed by atoms with Crippen molar-refractivity contribution < 1.29 is 19.1 Å². The van der Waals surface area contributed by atoms with Gasteiger partial charge < -0.3 is 14.3 Å². The van der Waals surface area contributed by atoms with E-state index in [-0.39, 0.29) is 40.8 Å². The van der Waals surface area contributed by atoms with E-state index in [2.05, 4.69) is 40.7 Å². The average Bonchev–Trinajstić information content (AvgIpc) is 3.17. The highest BCUT2D eigenvalue weighted by molar-refractivity contribution is 5.77. The fraction of sp³-hybridized carbons (Fsp3) is 0.880. The zero-order chi connectivity index (χ0) is 23.5. The first-order valence-corrected chi connectivity index (χ1v) is 11.2. The van der Waals surface area contributed by atoms with Gasteiger partial charge in [0.2, 0.25) is 0 Å². The largest absolute Gasteiger partial charge is 0.462 e. The Labute approximate surface area is 183 Å². The minimum atomic E-state index is -0.847. The van der Waals surface area contributed by atoms with Crippen LogP contribution < -0.4 is 0 Å². The summed E-state index contributed by atoms with van der Waals surface area (Å²) in [7, 11) is 1.71. The van der Waals surface area contributed by atoms with Crippen LogP contribution in [0.25, 0.3) is 0 Å². The zero-order valence-corrected chi connectivity index (χ0v) is 20.8. The molecule has 0 aliphatic heterocycles. The summed E-state index contributed by atoms with van der Waals surface area (Å²) in [6, 6.07) is 2.20. The van der Waals surface area contributed by atoms with Crippen LogP contribution in [0.2, 0.25) is 0 Å². The Morgan fingerprint density at radius 3 is 2.00 bits per heavy atom. The third-order valence-electron chi connectivity index (χ3n) is 6.89. The lowest BCUT2D eigenvalue weighted by Crippen LogP contribution is -2.42. The molecule has 5 atom stereocenters. The molecule has 172 valence electrons. The molecule has 2 rings (SSSR count). The molecule has 0 saturated heterocycles. The van der Waals surface area contributed by atoms with Gasteiger partial charge in [-0.1, -0.05) is 34.6 Å². The van der Waals surface area contributed by atoms with Gasteiger partial charge in [0.05, 0.1) is 17.1 Å². The smallest absolute Gasteiger partial charge is 0.312 e. The lowest BCUT2D eigenvalue weighted by atomic mass is 9.68. The number of methoxy groups -OCH3 is 1. The molecule has 2 bridgehead atoms. The van der Waals surface area contributed by atoms with Crippen LogP contribution in [-0.2, 0) is 19.1 Å². The van der Waals surface area contributed by atoms with Crippen molar-refractivity contribution in [2.45, 2.75) is 99.7 Å². The molecule has 0 aromatic carbocycles. The molecule has 5 nitrogen and oxygen atoms in total. The van der Waals surface area contributed by atoms with Gasteiger partial charge in [0.25, 0.3) is 0 Å². The lowest BCUT2D eigenvalue weighted by Gasteiger charge is -2.39. The third-order valence-corrected chi connectivity index (χ3v) is 6.89. The Bertz CT molecular complexity index is 652. The number of aldehydes is 1. The molecule has 30 heavy (non-hydrogen) atoms. The standard InChI is InChI=1S/C20H31NO3.C5H12O/c1-13(2)19(6,10-18(3,4)5)17(23)24-16-8-15-7-14(16)9-20(15,11-21)12-22;1-5(2,3)6-4/h12-16H,7-10H2,1-6H3;1-4H3. The van der Waals surface area contributed by atoms with Crippen LogP contribution in [0.5, 0.6) is 0 Å². The molecular formula is C25H43NO4. The van der Waals surface area contributed by atoms with Crippen molar-refractivity contribution in [1.82, 2.24) is 0 Å². The molecule has 0 amide bonds. The van der Waals surface area contributed by atoms with E-state index in [4.69, 9.17) is 9.47 Å². The first-order chi connectivity index (χ1) is 13.5. The molecule has 2 aliphatic rings. The first-order valence-electron chi connectivity index (χ1n) is 11.2. The average molecular weight is 422 g/mol. The molecular weight excluding hydrogens is 378 g/mol. The summed E-state index contributed by atoms with van der Waals surface area (Å²) in [5.41, 5.74) is -1.28. The maximum absolute atomic E-state index is 13.0. The van der Waals surface area contributed by atoms with Gasteiger partial charge in [0, 0.05) is 7.11 Å². The van der Waals surface area contributed by atoms with Gasteiger partial charge in [-0.3, -0.25) is 4.79 Å². The number of fused-ring (bicyclic) bond motifs is 2. The van der Waals surface area contributed by atoms with Gasteiger partial charge in [0.1, 0.15) is 17.8 Å². The fourth-order valence-corrected chi connectivity index (χ4v) is 4.66. The summed E-state index contributed by atoms with van der Waals surface area (Å²) in [5, 5.41) is 9.35. The summed E-state index contributed by atoms with van der Waals surface area (Å²) < 4.78 is 10.9. The van der Waals surface area contributed by atoms with E-state index in [9.17, 15) is 14.9 Å². The van der Waals surface area contributed by atoms with Crippen LogP contribution in [0.15, 0.2) is 0 Å². The number of ether oxygens (including phenoxy) is 2. The van der Waals surface area contributed by atoms with E-state index in [1.807, 2.05) is 27.7 Å². The van der Waals surface area contributed by atoms with Crippen molar-refractivity contribution in [3.63, 3.8) is 0 Å². The molecule has 0 aromatic rings. The molecule has 0 heterocycles. The van der Waals surface area contributed by atoms with Crippen molar-refractivity contribution in [2.24, 2.45) is 34.0 Å². The van der Waals surface area contributed by atoms with Crippen molar-refractivity contribution >= 4 is 12.3 Å². The second-order valence-corrected chi connectivity index (χ2v) is 12.0. The number of carbonyl (C=O) groups excluding carboxylic acids is 2. The van der Waals surface area contributed by atoms with Gasteiger partial charge in [-0.25, -0.2) is 0 Å². The minimum Gasteiger partial charge on any atom is -0.462 e. The molecule has 5 heteroatoms. The van der Waals surface area contributed by atoms with E-state index >= 15 is 0 Å². The first kappa shape index (κ1) is 26.6. The maximum Gasteiger partial charge on any atom is 0.312 e. The number of rotatable bonds is 5. The Hall–Kier alpha value is -1.41. The summed E-state index contributed by atoms with van der Waals surface area (Å²) in [6.45, 7) is 18.6. The van der Waals surface area contributed by atoms with Crippen LogP contribution in [0.4, 0.5) is 0 Å². The summed E-state index contributed by atoms with van der Waals surface area (Å²) >= 11 is 0. The Balaban J connectivity index is 0.000000656. The monoisotopic (exact) mass is 421 g/mol. The molecule has 0 radical (unpaired) electrons. The van der Waals surface area contributed by atoms with Gasteiger partial charge >= 0.3 is 5.97 Å². The fourth-order valence-electron chi connectivity index (χ4n) is 4.66. The SMILES string of the molecule is CC(C)C(C)(CC(C)(C)C)C(=O)OC1CC2CC1CC2(C#N)C=O.COC(C)(C)C. The van der Waals surface area contributed by atoms with E-state index < -0.39 is 10.8 Å². The summed E-state index contributed by atoms with van der Waals surface area (Å²) in [4.78, 5) is 24.3. The van der Waals surface area contributed by atoms with Gasteiger partial charge in [0.15, 0.2) is 0 Å². The molecule has 5 unspecified atom stereocenters. The molecule has 2 aliphatic carbocycles. The number of nitrogens with zero attached hydrogens (tertiary/aromatic N) is 1. The normalized spacial score (nSPS) is 30.1. The maximum atomic E-state index is 13.0. The number of hydrogen-bond acceptors (Lipinski definition) is 5. The molecule has 0 N–H and O–H groups in total. The zero-order valence-electron chi connectivity index (χ0n) is 20.8. The number of hydrogen-bond donors (Lipinski definition) is 0. The predicted molar refractivity (Wildman–Crippen MR) is 119 cm³/mol. The van der Waals surface area contributed by atoms with Crippen molar-refractivity contribution in [3.8, 4) is 6.07 Å². The second-order valence-electron chi connectivity index (χ2n) is 12.0. The van der Waals surface area contributed by atoms with Crippen molar-refractivity contribution in [1.29, 1.82) is 5.26 Å². The summed E-state index contributed by atoms with van der Waals surface area (Å²) in [6.07, 6.45) is 3.45. The highest BCUT2D eigenvalue weighted by Crippen LogP contribution is 2.56. The Kier molecular flexibility index (Phi) is 8.33. The molecule has 0 aromatic heterocycles. The van der Waals surface area contributed by atoms with E-state index in [1.54, 1.807) is 7.11 Å². The number of esters is 1. The number of carbonyl (C=O) groups is 2. The van der Waals surface area contributed by atoms with Crippen LogP contribution in [0.3, 0.4) is 0 Å². The van der Waals surface area contributed by atoms with Crippen LogP contribution in [0, 0.1) is 45.3 Å². The third kappa shape index (κ3) is 6.30. The minimum absolute atomic E-state index is 0.0377. The van der Waals surface area contributed by atoms with Gasteiger partial charge in [-0.05, 0) is 76.5 Å². The second kappa shape index (κ2) is 9.39. The Morgan fingerprint density at radius 1 is 1.17 bits per heavy atom. The van der Waals surface area contributed by atoms with E-state index in [1.165, 1.54) is 0 Å². The highest BCUT2D eigenvalue weighted by atomic mass is 16.5. The topological polar surface area (TPSA) is 76.4 Å². The number of nitriles is 1. The summed E-state index contributed by atoms with van der Waals surface area (Å²) in [5.74, 6) is 0.250. The Morgan fingerprint density at radius 2 is 1.70 bits per heavy atom. The molecule has 2 fully saturated rings. The molecule has 0 spiro atoms. The van der Waals surface area contributed by atoms with Crippen LogP contribution >= 0.6 is 0 Å². The van der Waals surface area contributed by atoms with E-state index in [0.29, 0.717) is 12.8 Å². The predicted octanol–water partition coefficient (Wildman–Crippen LogP) is 5.57. The van der Waals surface area contributed by atoms with Crippen molar-refractivity contribution in [2.75, 3.05) is 7.11 Å². The molecule has 2 saturated carbocycles. The quantitative estimate of drug-likeness (QED) is 0.428. The van der Waals surface area contributed by atoms with Crippen LogP contribution in [0.1, 0.15) is 88.0 Å².